The fourth-order valence-corrected chi connectivity index (χ4v) is 2.84. The number of ether oxygens (including phenoxy) is 1. The zero-order valence-corrected chi connectivity index (χ0v) is 13.3. The van der Waals surface area contributed by atoms with E-state index in [4.69, 9.17) is 21.4 Å². The smallest absolute Gasteiger partial charge is 0.304 e. The summed E-state index contributed by atoms with van der Waals surface area (Å²) in [6.07, 6.45) is 2.35. The van der Waals surface area contributed by atoms with Crippen molar-refractivity contribution in [3.8, 4) is 5.75 Å². The largest absolute Gasteiger partial charge is 0.489 e. The van der Waals surface area contributed by atoms with E-state index < -0.39 is 5.97 Å². The summed E-state index contributed by atoms with van der Waals surface area (Å²) in [5.41, 5.74) is 2.04. The molecule has 4 nitrogen and oxygen atoms in total. The number of benzene rings is 1. The molecular formula is C16H22ClNO3. The van der Waals surface area contributed by atoms with E-state index >= 15 is 0 Å². The molecule has 1 aliphatic rings. The van der Waals surface area contributed by atoms with E-state index in [0.717, 1.165) is 47.8 Å². The number of piperidine rings is 1. The maximum absolute atomic E-state index is 10.7. The molecule has 0 radical (unpaired) electrons. The molecule has 1 atom stereocenters. The average Bonchev–Trinajstić information content (AvgIpc) is 2.43. The Balaban J connectivity index is 1.94. The summed E-state index contributed by atoms with van der Waals surface area (Å²) >= 11 is 6.17. The number of aliphatic carboxylic acids is 1. The second-order valence-corrected chi connectivity index (χ2v) is 6.08. The molecule has 116 valence electrons. The van der Waals surface area contributed by atoms with Crippen LogP contribution >= 0.6 is 11.6 Å². The van der Waals surface area contributed by atoms with Gasteiger partial charge in [0.25, 0.3) is 0 Å². The minimum absolute atomic E-state index is 0.118. The molecule has 1 aliphatic heterocycles. The normalized spacial score (nSPS) is 19.5. The van der Waals surface area contributed by atoms with Gasteiger partial charge < -0.3 is 9.84 Å². The lowest BCUT2D eigenvalue weighted by atomic mass is 10.1. The van der Waals surface area contributed by atoms with E-state index in [0.29, 0.717) is 6.54 Å². The van der Waals surface area contributed by atoms with Crippen LogP contribution in [0.4, 0.5) is 0 Å². The lowest BCUT2D eigenvalue weighted by molar-refractivity contribution is -0.137. The third-order valence-electron chi connectivity index (χ3n) is 3.82. The number of halogens is 1. The van der Waals surface area contributed by atoms with Gasteiger partial charge in [0.05, 0.1) is 6.42 Å². The first-order valence-electron chi connectivity index (χ1n) is 7.33. The predicted molar refractivity (Wildman–Crippen MR) is 83.3 cm³/mol. The molecule has 1 saturated heterocycles. The highest BCUT2D eigenvalue weighted by Gasteiger charge is 2.22. The zero-order valence-electron chi connectivity index (χ0n) is 12.6. The van der Waals surface area contributed by atoms with E-state index in [1.165, 1.54) is 0 Å². The SMILES string of the molecule is Cc1cc(OC2CCCN(CCC(=O)O)C2)cc(C)c1Cl. The number of likely N-dealkylation sites (tertiary alicyclic amines) is 1. The van der Waals surface area contributed by atoms with Crippen LogP contribution in [0.15, 0.2) is 12.1 Å². The standard InChI is InChI=1S/C16H22ClNO3/c1-11-8-14(9-12(2)16(11)17)21-13-4-3-6-18(10-13)7-5-15(19)20/h8-9,13H,3-7,10H2,1-2H3,(H,19,20). The van der Waals surface area contributed by atoms with E-state index in [-0.39, 0.29) is 12.5 Å². The van der Waals surface area contributed by atoms with Crippen molar-refractivity contribution in [1.82, 2.24) is 4.90 Å². The summed E-state index contributed by atoms with van der Waals surface area (Å²) in [6, 6.07) is 3.93. The molecule has 1 fully saturated rings. The number of carboxylic acid groups (broad SMARTS) is 1. The Morgan fingerprint density at radius 1 is 1.43 bits per heavy atom. The molecule has 0 aromatic heterocycles. The van der Waals surface area contributed by atoms with Crippen LogP contribution in [0.1, 0.15) is 30.4 Å². The van der Waals surface area contributed by atoms with Gasteiger partial charge in [-0.25, -0.2) is 0 Å². The summed E-state index contributed by atoms with van der Waals surface area (Å²) in [4.78, 5) is 12.8. The van der Waals surface area contributed by atoms with Gasteiger partial charge in [-0.3, -0.25) is 9.69 Å². The predicted octanol–water partition coefficient (Wildman–Crippen LogP) is 3.27. The number of rotatable bonds is 5. The van der Waals surface area contributed by atoms with Crippen LogP contribution < -0.4 is 4.74 Å². The van der Waals surface area contributed by atoms with Gasteiger partial charge in [0, 0.05) is 18.1 Å². The molecule has 1 unspecified atom stereocenters. The maximum Gasteiger partial charge on any atom is 0.304 e. The summed E-state index contributed by atoms with van der Waals surface area (Å²) in [7, 11) is 0. The number of hydrogen-bond acceptors (Lipinski definition) is 3. The monoisotopic (exact) mass is 311 g/mol. The lowest BCUT2D eigenvalue weighted by Crippen LogP contribution is -2.41. The first-order chi connectivity index (χ1) is 9.95. The van der Waals surface area contributed by atoms with Gasteiger partial charge >= 0.3 is 5.97 Å². The first-order valence-corrected chi connectivity index (χ1v) is 7.71. The highest BCUT2D eigenvalue weighted by atomic mass is 35.5. The fourth-order valence-electron chi connectivity index (χ4n) is 2.73. The van der Waals surface area contributed by atoms with Gasteiger partial charge in [-0.15, -0.1) is 0 Å². The van der Waals surface area contributed by atoms with Crippen LogP contribution in [-0.4, -0.2) is 41.7 Å². The number of aryl methyl sites for hydroxylation is 2. The molecular weight excluding hydrogens is 290 g/mol. The molecule has 1 heterocycles. The minimum Gasteiger partial charge on any atom is -0.489 e. The van der Waals surface area contributed by atoms with Gasteiger partial charge in [0.1, 0.15) is 11.9 Å². The maximum atomic E-state index is 10.7. The van der Waals surface area contributed by atoms with Crippen molar-refractivity contribution in [2.45, 2.75) is 39.2 Å². The van der Waals surface area contributed by atoms with Gasteiger partial charge in [0.2, 0.25) is 0 Å². The Morgan fingerprint density at radius 2 is 2.10 bits per heavy atom. The topological polar surface area (TPSA) is 49.8 Å². The van der Waals surface area contributed by atoms with Crippen LogP contribution in [0.2, 0.25) is 5.02 Å². The van der Waals surface area contributed by atoms with Crippen molar-refractivity contribution in [2.75, 3.05) is 19.6 Å². The van der Waals surface area contributed by atoms with Crippen LogP contribution in [0.5, 0.6) is 5.75 Å². The summed E-state index contributed by atoms with van der Waals surface area (Å²) in [6.45, 7) is 6.28. The summed E-state index contributed by atoms with van der Waals surface area (Å²) < 4.78 is 6.06. The average molecular weight is 312 g/mol. The Hall–Kier alpha value is -1.26. The number of carbonyl (C=O) groups is 1. The second kappa shape index (κ2) is 7.14. The molecule has 21 heavy (non-hydrogen) atoms. The van der Waals surface area contributed by atoms with Crippen molar-refractivity contribution in [3.05, 3.63) is 28.3 Å². The van der Waals surface area contributed by atoms with E-state index in [1.807, 2.05) is 26.0 Å². The summed E-state index contributed by atoms with van der Waals surface area (Å²) in [5.74, 6) is 0.0986. The Kier molecular flexibility index (Phi) is 5.48. The molecule has 1 aromatic rings. The van der Waals surface area contributed by atoms with Crippen molar-refractivity contribution in [1.29, 1.82) is 0 Å². The minimum atomic E-state index is -0.748. The third-order valence-corrected chi connectivity index (χ3v) is 4.41. The molecule has 0 aliphatic carbocycles. The Bertz CT molecular complexity index is 495. The molecule has 0 spiro atoms. The Labute approximate surface area is 130 Å². The third kappa shape index (κ3) is 4.61. The van der Waals surface area contributed by atoms with E-state index in [1.54, 1.807) is 0 Å². The molecule has 1 N–H and O–H groups in total. The van der Waals surface area contributed by atoms with Crippen molar-refractivity contribution in [2.24, 2.45) is 0 Å². The van der Waals surface area contributed by atoms with E-state index in [9.17, 15) is 4.79 Å². The van der Waals surface area contributed by atoms with Gasteiger partial charge in [-0.05, 0) is 56.5 Å². The van der Waals surface area contributed by atoms with Crippen LogP contribution in [0.25, 0.3) is 0 Å². The first kappa shape index (κ1) is 16.1. The van der Waals surface area contributed by atoms with Crippen molar-refractivity contribution < 1.29 is 14.6 Å². The molecule has 2 rings (SSSR count). The molecule has 5 heteroatoms. The molecule has 0 amide bonds. The Morgan fingerprint density at radius 3 is 2.71 bits per heavy atom. The number of nitrogens with zero attached hydrogens (tertiary/aromatic N) is 1. The quantitative estimate of drug-likeness (QED) is 0.906. The molecule has 1 aromatic carbocycles. The number of hydrogen-bond donors (Lipinski definition) is 1. The lowest BCUT2D eigenvalue weighted by Gasteiger charge is -2.32. The van der Waals surface area contributed by atoms with Crippen LogP contribution in [-0.2, 0) is 4.79 Å². The second-order valence-electron chi connectivity index (χ2n) is 5.70. The van der Waals surface area contributed by atoms with Gasteiger partial charge in [0.15, 0.2) is 0 Å². The number of carboxylic acids is 1. The van der Waals surface area contributed by atoms with E-state index in [2.05, 4.69) is 4.90 Å². The van der Waals surface area contributed by atoms with Crippen molar-refractivity contribution in [3.63, 3.8) is 0 Å². The zero-order chi connectivity index (χ0) is 15.4. The van der Waals surface area contributed by atoms with Crippen molar-refractivity contribution >= 4 is 17.6 Å². The van der Waals surface area contributed by atoms with Gasteiger partial charge in [-0.2, -0.15) is 0 Å². The molecule has 0 saturated carbocycles. The highest BCUT2D eigenvalue weighted by molar-refractivity contribution is 6.32. The summed E-state index contributed by atoms with van der Waals surface area (Å²) in [5, 5.41) is 9.55. The fraction of sp³-hybridized carbons (Fsp3) is 0.562. The highest BCUT2D eigenvalue weighted by Crippen LogP contribution is 2.27. The molecule has 0 bridgehead atoms. The van der Waals surface area contributed by atoms with Crippen LogP contribution in [0, 0.1) is 13.8 Å². The van der Waals surface area contributed by atoms with Gasteiger partial charge in [-0.1, -0.05) is 11.6 Å². The van der Waals surface area contributed by atoms with Crippen LogP contribution in [0.3, 0.4) is 0 Å².